The molecule has 1 aliphatic carbocycles. The third-order valence-electron chi connectivity index (χ3n) is 4.19. The molecule has 4 heterocycles. The largest absolute Gasteiger partial charge is 0.303 e. The van der Waals surface area contributed by atoms with Gasteiger partial charge in [-0.05, 0) is 30.4 Å². The lowest BCUT2D eigenvalue weighted by Gasteiger charge is -2.07. The van der Waals surface area contributed by atoms with Gasteiger partial charge in [0.15, 0.2) is 5.16 Å². The monoisotopic (exact) mass is 368 g/mol. The highest BCUT2D eigenvalue weighted by Gasteiger charge is 2.29. The van der Waals surface area contributed by atoms with Gasteiger partial charge in [-0.25, -0.2) is 9.97 Å². The number of rotatable bonds is 6. The van der Waals surface area contributed by atoms with Gasteiger partial charge < -0.3 is 4.57 Å². The second-order valence-electron chi connectivity index (χ2n) is 6.10. The molecule has 4 aromatic heterocycles. The molecule has 0 N–H and O–H groups in total. The van der Waals surface area contributed by atoms with Gasteiger partial charge in [0.2, 0.25) is 5.78 Å². The van der Waals surface area contributed by atoms with Gasteiger partial charge in [0, 0.05) is 41.7 Å². The molecular weight excluding hydrogens is 352 g/mol. The lowest BCUT2D eigenvalue weighted by Crippen LogP contribution is -2.03. The number of aromatic nitrogens is 6. The Bertz CT molecular complexity index is 966. The first-order valence-electron chi connectivity index (χ1n) is 8.24. The summed E-state index contributed by atoms with van der Waals surface area (Å²) >= 11 is 3.48. The Hall–Kier alpha value is -2.19. The predicted molar refractivity (Wildman–Crippen MR) is 98.0 cm³/mol. The molecule has 126 valence electrons. The SMILES string of the molecule is c1csc(Cc2nnc(SCc3cn4cccnc4n3)n2C2CC2)c1. The molecule has 0 aromatic carbocycles. The first kappa shape index (κ1) is 15.1. The van der Waals surface area contributed by atoms with E-state index in [4.69, 9.17) is 0 Å². The number of hydrogen-bond acceptors (Lipinski definition) is 6. The van der Waals surface area contributed by atoms with Crippen LogP contribution in [-0.2, 0) is 12.2 Å². The summed E-state index contributed by atoms with van der Waals surface area (Å²) in [5.74, 6) is 2.58. The Kier molecular flexibility index (Phi) is 3.79. The number of hydrogen-bond donors (Lipinski definition) is 0. The average molecular weight is 368 g/mol. The van der Waals surface area contributed by atoms with Crippen LogP contribution in [0.15, 0.2) is 47.3 Å². The third kappa shape index (κ3) is 3.07. The molecule has 0 radical (unpaired) electrons. The van der Waals surface area contributed by atoms with Gasteiger partial charge in [-0.3, -0.25) is 4.40 Å². The molecular formula is C17H16N6S2. The Morgan fingerprint density at radius 3 is 3.00 bits per heavy atom. The van der Waals surface area contributed by atoms with Gasteiger partial charge in [-0.2, -0.15) is 0 Å². The van der Waals surface area contributed by atoms with Crippen LogP contribution in [0.3, 0.4) is 0 Å². The molecule has 4 aromatic rings. The lowest BCUT2D eigenvalue weighted by molar-refractivity contribution is 0.635. The van der Waals surface area contributed by atoms with Crippen molar-refractivity contribution < 1.29 is 0 Å². The molecule has 0 atom stereocenters. The van der Waals surface area contributed by atoms with Crippen LogP contribution >= 0.6 is 23.1 Å². The number of fused-ring (bicyclic) bond motifs is 1. The summed E-state index contributed by atoms with van der Waals surface area (Å²) in [6.45, 7) is 0. The summed E-state index contributed by atoms with van der Waals surface area (Å²) in [6, 6.07) is 6.72. The van der Waals surface area contributed by atoms with Crippen molar-refractivity contribution >= 4 is 28.9 Å². The molecule has 0 aliphatic heterocycles. The first-order chi connectivity index (χ1) is 12.4. The van der Waals surface area contributed by atoms with Gasteiger partial charge in [0.05, 0.1) is 5.69 Å². The van der Waals surface area contributed by atoms with Crippen LogP contribution in [-0.4, -0.2) is 29.1 Å². The Labute approximate surface area is 153 Å². The molecule has 1 aliphatic rings. The molecule has 8 heteroatoms. The lowest BCUT2D eigenvalue weighted by atomic mass is 10.3. The zero-order valence-corrected chi connectivity index (χ0v) is 15.1. The predicted octanol–water partition coefficient (Wildman–Crippen LogP) is 3.60. The fourth-order valence-electron chi connectivity index (χ4n) is 2.88. The highest BCUT2D eigenvalue weighted by molar-refractivity contribution is 7.98. The van der Waals surface area contributed by atoms with Crippen molar-refractivity contribution in [2.45, 2.75) is 36.2 Å². The van der Waals surface area contributed by atoms with E-state index in [1.54, 1.807) is 29.3 Å². The third-order valence-corrected chi connectivity index (χ3v) is 6.05. The molecule has 0 saturated heterocycles. The minimum atomic E-state index is 0.565. The molecule has 0 bridgehead atoms. The number of thiophene rings is 1. The minimum absolute atomic E-state index is 0.565. The zero-order valence-electron chi connectivity index (χ0n) is 13.4. The van der Waals surface area contributed by atoms with Crippen molar-refractivity contribution in [3.63, 3.8) is 0 Å². The molecule has 0 spiro atoms. The summed E-state index contributed by atoms with van der Waals surface area (Å²) in [6.07, 6.45) is 9.07. The summed E-state index contributed by atoms with van der Waals surface area (Å²) in [7, 11) is 0. The van der Waals surface area contributed by atoms with Crippen LogP contribution in [0, 0.1) is 0 Å². The molecule has 1 saturated carbocycles. The van der Waals surface area contributed by atoms with Crippen molar-refractivity contribution in [1.82, 2.24) is 29.1 Å². The average Bonchev–Trinajstić information content (AvgIpc) is 3.04. The van der Waals surface area contributed by atoms with Gasteiger partial charge >= 0.3 is 0 Å². The second kappa shape index (κ2) is 6.27. The fraction of sp³-hybridized carbons (Fsp3) is 0.294. The summed E-state index contributed by atoms with van der Waals surface area (Å²) in [5, 5.41) is 12.0. The van der Waals surface area contributed by atoms with E-state index in [1.807, 2.05) is 22.9 Å². The van der Waals surface area contributed by atoms with Gasteiger partial charge in [-0.15, -0.1) is 21.5 Å². The van der Waals surface area contributed by atoms with Gasteiger partial charge in [0.25, 0.3) is 0 Å². The van der Waals surface area contributed by atoms with E-state index < -0.39 is 0 Å². The highest BCUT2D eigenvalue weighted by Crippen LogP contribution is 2.39. The van der Waals surface area contributed by atoms with Crippen LogP contribution in [0.5, 0.6) is 0 Å². The zero-order chi connectivity index (χ0) is 16.6. The quantitative estimate of drug-likeness (QED) is 0.487. The maximum atomic E-state index is 4.56. The van der Waals surface area contributed by atoms with Crippen LogP contribution in [0.2, 0.25) is 0 Å². The highest BCUT2D eigenvalue weighted by atomic mass is 32.2. The molecule has 6 nitrogen and oxygen atoms in total. The normalized spacial score (nSPS) is 14.4. The Balaban J connectivity index is 1.37. The van der Waals surface area contributed by atoms with Crippen molar-refractivity contribution in [1.29, 1.82) is 0 Å². The van der Waals surface area contributed by atoms with E-state index in [9.17, 15) is 0 Å². The topological polar surface area (TPSA) is 60.9 Å². The fourth-order valence-corrected chi connectivity index (χ4v) is 4.49. The van der Waals surface area contributed by atoms with Crippen LogP contribution in [0.4, 0.5) is 0 Å². The van der Waals surface area contributed by atoms with E-state index in [2.05, 4.69) is 42.2 Å². The van der Waals surface area contributed by atoms with Crippen LogP contribution in [0.1, 0.15) is 35.3 Å². The van der Waals surface area contributed by atoms with E-state index in [0.717, 1.165) is 34.6 Å². The van der Waals surface area contributed by atoms with Crippen molar-refractivity contribution in [3.05, 3.63) is 58.6 Å². The molecule has 5 rings (SSSR count). The van der Waals surface area contributed by atoms with Crippen molar-refractivity contribution in [3.8, 4) is 0 Å². The number of nitrogens with zero attached hydrogens (tertiary/aromatic N) is 6. The van der Waals surface area contributed by atoms with Crippen LogP contribution in [0.25, 0.3) is 5.78 Å². The maximum Gasteiger partial charge on any atom is 0.233 e. The van der Waals surface area contributed by atoms with Crippen LogP contribution < -0.4 is 0 Å². The Morgan fingerprint density at radius 1 is 1.24 bits per heavy atom. The summed E-state index contributed by atoms with van der Waals surface area (Å²) in [5.41, 5.74) is 1.01. The van der Waals surface area contributed by atoms with E-state index in [-0.39, 0.29) is 0 Å². The van der Waals surface area contributed by atoms with E-state index >= 15 is 0 Å². The van der Waals surface area contributed by atoms with Gasteiger partial charge in [-0.1, -0.05) is 17.8 Å². The standard InChI is InChI=1S/C17H16N6S2/c1-3-14(24-8-1)9-15-20-21-17(23(15)13-4-5-13)25-11-12-10-22-7-2-6-18-16(22)19-12/h1-3,6-8,10,13H,4-5,9,11H2. The van der Waals surface area contributed by atoms with E-state index in [1.165, 1.54) is 17.7 Å². The number of thioether (sulfide) groups is 1. The number of imidazole rings is 1. The summed E-state index contributed by atoms with van der Waals surface area (Å²) in [4.78, 5) is 10.2. The minimum Gasteiger partial charge on any atom is -0.303 e. The van der Waals surface area contributed by atoms with Gasteiger partial charge in [0.1, 0.15) is 5.82 Å². The maximum absolute atomic E-state index is 4.56. The molecule has 0 amide bonds. The van der Waals surface area contributed by atoms with Crippen molar-refractivity contribution in [2.24, 2.45) is 0 Å². The summed E-state index contributed by atoms with van der Waals surface area (Å²) < 4.78 is 4.28. The molecule has 1 fully saturated rings. The molecule has 0 unspecified atom stereocenters. The van der Waals surface area contributed by atoms with E-state index in [0.29, 0.717) is 6.04 Å². The second-order valence-corrected chi connectivity index (χ2v) is 8.08. The Morgan fingerprint density at radius 2 is 2.20 bits per heavy atom. The van der Waals surface area contributed by atoms with Crippen molar-refractivity contribution in [2.75, 3.05) is 0 Å². The smallest absolute Gasteiger partial charge is 0.233 e. The first-order valence-corrected chi connectivity index (χ1v) is 10.1. The molecule has 25 heavy (non-hydrogen) atoms.